The van der Waals surface area contributed by atoms with E-state index >= 15 is 0 Å². The molecule has 1 atom stereocenters. The van der Waals surface area contributed by atoms with Crippen LogP contribution < -0.4 is 10.1 Å². The normalized spacial score (nSPS) is 19.1. The molecule has 0 spiro atoms. The molecule has 0 fully saturated rings. The third-order valence-electron chi connectivity index (χ3n) is 3.58. The molecule has 1 aromatic heterocycles. The van der Waals surface area contributed by atoms with Crippen molar-refractivity contribution in [1.82, 2.24) is 10.3 Å². The molecule has 1 N–H and O–H groups in total. The van der Waals surface area contributed by atoms with Gasteiger partial charge in [-0.15, -0.1) is 0 Å². The molecule has 0 radical (unpaired) electrons. The van der Waals surface area contributed by atoms with Crippen LogP contribution in [-0.2, 0) is 6.54 Å². The topological polar surface area (TPSA) is 34.2 Å². The van der Waals surface area contributed by atoms with E-state index in [2.05, 4.69) is 36.3 Å². The molecule has 2 aromatic rings. The summed E-state index contributed by atoms with van der Waals surface area (Å²) in [4.78, 5) is 4.44. The molecule has 3 heteroatoms. The van der Waals surface area contributed by atoms with Gasteiger partial charge in [-0.2, -0.15) is 0 Å². The molecule has 3 nitrogen and oxygen atoms in total. The van der Waals surface area contributed by atoms with E-state index in [4.69, 9.17) is 4.74 Å². The number of ether oxygens (including phenoxy) is 1. The van der Waals surface area contributed by atoms with Crippen LogP contribution in [0.4, 0.5) is 0 Å². The predicted molar refractivity (Wildman–Crippen MR) is 72.9 cm³/mol. The van der Waals surface area contributed by atoms with Crippen LogP contribution in [0.2, 0.25) is 0 Å². The Bertz CT molecular complexity index is 580. The zero-order valence-corrected chi connectivity index (χ0v) is 10.9. The van der Waals surface area contributed by atoms with Gasteiger partial charge in [0, 0.05) is 30.2 Å². The highest BCUT2D eigenvalue weighted by atomic mass is 16.5. The standard InChI is InChI=1S/C15H18N2O/c1-3-12-9-16-8-11-6-14-13(7-15(11)18-12)10(2)4-5-17-14/h4-7,12,16H,3,8-9H2,1-2H3/t12-/m1/s1. The Morgan fingerprint density at radius 2 is 2.33 bits per heavy atom. The van der Waals surface area contributed by atoms with Crippen LogP contribution in [0.1, 0.15) is 24.5 Å². The van der Waals surface area contributed by atoms with Crippen molar-refractivity contribution in [3.05, 3.63) is 35.5 Å². The molecule has 1 aliphatic rings. The van der Waals surface area contributed by atoms with Gasteiger partial charge in [-0.3, -0.25) is 4.98 Å². The van der Waals surface area contributed by atoms with Gasteiger partial charge in [-0.05, 0) is 37.1 Å². The summed E-state index contributed by atoms with van der Waals surface area (Å²) in [7, 11) is 0. The number of nitrogens with zero attached hydrogens (tertiary/aromatic N) is 1. The molecule has 94 valence electrons. The maximum Gasteiger partial charge on any atom is 0.125 e. The van der Waals surface area contributed by atoms with Crippen molar-refractivity contribution < 1.29 is 4.74 Å². The fraction of sp³-hybridized carbons (Fsp3) is 0.400. The largest absolute Gasteiger partial charge is 0.489 e. The number of aryl methyl sites for hydroxylation is 1. The number of hydrogen-bond acceptors (Lipinski definition) is 3. The quantitative estimate of drug-likeness (QED) is 0.835. The van der Waals surface area contributed by atoms with Crippen LogP contribution >= 0.6 is 0 Å². The second kappa shape index (κ2) is 4.58. The molecule has 3 rings (SSSR count). The van der Waals surface area contributed by atoms with Gasteiger partial charge in [0.25, 0.3) is 0 Å². The lowest BCUT2D eigenvalue weighted by Crippen LogP contribution is -2.27. The number of rotatable bonds is 1. The van der Waals surface area contributed by atoms with Crippen molar-refractivity contribution in [3.63, 3.8) is 0 Å². The molecule has 0 bridgehead atoms. The number of fused-ring (bicyclic) bond motifs is 2. The summed E-state index contributed by atoms with van der Waals surface area (Å²) in [5.41, 5.74) is 3.50. The summed E-state index contributed by atoms with van der Waals surface area (Å²) in [6, 6.07) is 6.33. The van der Waals surface area contributed by atoms with Gasteiger partial charge >= 0.3 is 0 Å². The summed E-state index contributed by atoms with van der Waals surface area (Å²) in [6.07, 6.45) is 3.15. The molecule has 0 aliphatic carbocycles. The van der Waals surface area contributed by atoms with Crippen LogP contribution in [-0.4, -0.2) is 17.6 Å². The molecule has 1 aromatic carbocycles. The summed E-state index contributed by atoms with van der Waals surface area (Å²) in [5.74, 6) is 1.01. The monoisotopic (exact) mass is 242 g/mol. The second-order valence-corrected chi connectivity index (χ2v) is 4.88. The minimum absolute atomic E-state index is 0.265. The highest BCUT2D eigenvalue weighted by Crippen LogP contribution is 2.29. The van der Waals surface area contributed by atoms with Gasteiger partial charge in [0.2, 0.25) is 0 Å². The predicted octanol–water partition coefficient (Wildman–Crippen LogP) is 2.80. The highest BCUT2D eigenvalue weighted by Gasteiger charge is 2.17. The molecule has 0 amide bonds. The van der Waals surface area contributed by atoms with Gasteiger partial charge in [0.05, 0.1) is 5.52 Å². The summed E-state index contributed by atoms with van der Waals surface area (Å²) < 4.78 is 6.08. The first-order valence-corrected chi connectivity index (χ1v) is 6.53. The van der Waals surface area contributed by atoms with Crippen LogP contribution in [0.3, 0.4) is 0 Å². The Balaban J connectivity index is 2.13. The number of aromatic nitrogens is 1. The van der Waals surface area contributed by atoms with Crippen molar-refractivity contribution in [2.45, 2.75) is 32.9 Å². The van der Waals surface area contributed by atoms with E-state index in [-0.39, 0.29) is 6.10 Å². The van der Waals surface area contributed by atoms with Gasteiger partial charge in [0.1, 0.15) is 11.9 Å². The van der Waals surface area contributed by atoms with Crippen LogP contribution in [0.15, 0.2) is 24.4 Å². The van der Waals surface area contributed by atoms with Gasteiger partial charge in [-0.1, -0.05) is 6.92 Å². The fourth-order valence-electron chi connectivity index (χ4n) is 2.42. The van der Waals surface area contributed by atoms with E-state index in [1.165, 1.54) is 16.5 Å². The van der Waals surface area contributed by atoms with Crippen LogP contribution in [0.25, 0.3) is 10.9 Å². The zero-order valence-electron chi connectivity index (χ0n) is 10.9. The Hall–Kier alpha value is -1.61. The maximum absolute atomic E-state index is 6.08. The fourth-order valence-corrected chi connectivity index (χ4v) is 2.42. The Kier molecular flexibility index (Phi) is 2.92. The molecule has 0 unspecified atom stereocenters. The van der Waals surface area contributed by atoms with Crippen molar-refractivity contribution in [2.75, 3.05) is 6.54 Å². The van der Waals surface area contributed by atoms with E-state index in [1.54, 1.807) is 0 Å². The summed E-state index contributed by atoms with van der Waals surface area (Å²) >= 11 is 0. The van der Waals surface area contributed by atoms with Crippen molar-refractivity contribution in [2.24, 2.45) is 0 Å². The number of pyridine rings is 1. The number of benzene rings is 1. The third-order valence-corrected chi connectivity index (χ3v) is 3.58. The molecule has 1 aliphatic heterocycles. The summed E-state index contributed by atoms with van der Waals surface area (Å²) in [5, 5.41) is 4.62. The second-order valence-electron chi connectivity index (χ2n) is 4.88. The Morgan fingerprint density at radius 1 is 1.44 bits per heavy atom. The molecular weight excluding hydrogens is 224 g/mol. The molecule has 0 saturated carbocycles. The number of nitrogens with one attached hydrogen (secondary N) is 1. The van der Waals surface area contributed by atoms with E-state index in [0.717, 1.165) is 30.8 Å². The maximum atomic E-state index is 6.08. The van der Waals surface area contributed by atoms with Crippen LogP contribution in [0.5, 0.6) is 5.75 Å². The Morgan fingerprint density at radius 3 is 3.17 bits per heavy atom. The van der Waals surface area contributed by atoms with E-state index < -0.39 is 0 Å². The van der Waals surface area contributed by atoms with Crippen molar-refractivity contribution in [3.8, 4) is 5.75 Å². The SMILES string of the molecule is CC[C@@H]1CNCc2cc3nccc(C)c3cc2O1. The third kappa shape index (κ3) is 1.95. The van der Waals surface area contributed by atoms with E-state index in [1.807, 2.05) is 12.3 Å². The zero-order chi connectivity index (χ0) is 12.5. The molecule has 18 heavy (non-hydrogen) atoms. The first kappa shape index (κ1) is 11.5. The lowest BCUT2D eigenvalue weighted by Gasteiger charge is -2.15. The van der Waals surface area contributed by atoms with Crippen molar-refractivity contribution in [1.29, 1.82) is 0 Å². The first-order chi connectivity index (χ1) is 8.78. The summed E-state index contributed by atoms with van der Waals surface area (Å²) in [6.45, 7) is 6.04. The average Bonchev–Trinajstić information content (AvgIpc) is 2.58. The van der Waals surface area contributed by atoms with Gasteiger partial charge in [-0.25, -0.2) is 0 Å². The first-order valence-electron chi connectivity index (χ1n) is 6.53. The van der Waals surface area contributed by atoms with Crippen LogP contribution in [0, 0.1) is 6.92 Å². The average molecular weight is 242 g/mol. The highest BCUT2D eigenvalue weighted by molar-refractivity contribution is 5.84. The molecule has 2 heterocycles. The number of hydrogen-bond donors (Lipinski definition) is 1. The lowest BCUT2D eigenvalue weighted by molar-refractivity contribution is 0.202. The van der Waals surface area contributed by atoms with E-state index in [0.29, 0.717) is 0 Å². The van der Waals surface area contributed by atoms with Gasteiger partial charge < -0.3 is 10.1 Å². The van der Waals surface area contributed by atoms with Gasteiger partial charge in [0.15, 0.2) is 0 Å². The minimum Gasteiger partial charge on any atom is -0.489 e. The van der Waals surface area contributed by atoms with E-state index in [9.17, 15) is 0 Å². The molecule has 0 saturated heterocycles. The Labute approximate surface area is 107 Å². The minimum atomic E-state index is 0.265. The van der Waals surface area contributed by atoms with Crippen molar-refractivity contribution >= 4 is 10.9 Å². The smallest absolute Gasteiger partial charge is 0.125 e. The molecular formula is C15H18N2O. The lowest BCUT2D eigenvalue weighted by atomic mass is 10.1.